The lowest BCUT2D eigenvalue weighted by atomic mass is 9.99. The third-order valence-corrected chi connectivity index (χ3v) is 5.62. The van der Waals surface area contributed by atoms with Crippen LogP contribution in [0, 0.1) is 11.8 Å². The summed E-state index contributed by atoms with van der Waals surface area (Å²) in [5.41, 5.74) is -0.371. The van der Waals surface area contributed by atoms with E-state index in [9.17, 15) is 4.79 Å². The molecule has 0 bridgehead atoms. The number of carbonyl (C=O) groups is 1. The third kappa shape index (κ3) is 3.26. The van der Waals surface area contributed by atoms with E-state index in [-0.39, 0.29) is 17.6 Å². The van der Waals surface area contributed by atoms with Crippen molar-refractivity contribution < 1.29 is 9.53 Å². The van der Waals surface area contributed by atoms with Crippen LogP contribution in [0.25, 0.3) is 0 Å². The number of nitrogens with zero attached hydrogens (tertiary/aromatic N) is 1. The summed E-state index contributed by atoms with van der Waals surface area (Å²) in [5, 5.41) is 3.64. The zero-order valence-electron chi connectivity index (χ0n) is 13.6. The maximum absolute atomic E-state index is 12.8. The Kier molecular flexibility index (Phi) is 4.55. The van der Waals surface area contributed by atoms with Gasteiger partial charge < -0.3 is 9.64 Å². The van der Waals surface area contributed by atoms with Crippen LogP contribution >= 0.6 is 0 Å². The average Bonchev–Trinajstić information content (AvgIpc) is 3.08. The normalized spacial score (nSPS) is 34.1. The highest BCUT2D eigenvalue weighted by Gasteiger charge is 2.49. The first-order chi connectivity index (χ1) is 10.1. The van der Waals surface area contributed by atoms with Crippen molar-refractivity contribution in [2.24, 2.45) is 11.8 Å². The van der Waals surface area contributed by atoms with Crippen LogP contribution in [-0.4, -0.2) is 42.3 Å². The summed E-state index contributed by atoms with van der Waals surface area (Å²) in [6.45, 7) is 6.48. The Morgan fingerprint density at radius 2 is 2.00 bits per heavy atom. The van der Waals surface area contributed by atoms with Gasteiger partial charge >= 0.3 is 0 Å². The number of hydrogen-bond acceptors (Lipinski definition) is 3. The molecule has 0 aromatic rings. The Balaban J connectivity index is 1.59. The predicted molar refractivity (Wildman–Crippen MR) is 82.8 cm³/mol. The molecule has 0 spiro atoms. The van der Waals surface area contributed by atoms with Crippen molar-refractivity contribution in [2.75, 3.05) is 19.8 Å². The maximum Gasteiger partial charge on any atom is 0.243 e. The van der Waals surface area contributed by atoms with Crippen LogP contribution in [0.3, 0.4) is 0 Å². The van der Waals surface area contributed by atoms with E-state index in [2.05, 4.69) is 24.1 Å². The van der Waals surface area contributed by atoms with E-state index in [1.165, 1.54) is 38.5 Å². The highest BCUT2D eigenvalue weighted by atomic mass is 16.5. The number of amides is 1. The van der Waals surface area contributed by atoms with Crippen molar-refractivity contribution in [1.29, 1.82) is 0 Å². The molecule has 1 N–H and O–H groups in total. The molecule has 1 amide bonds. The molecule has 1 saturated heterocycles. The molecule has 21 heavy (non-hydrogen) atoms. The molecule has 2 aliphatic carbocycles. The van der Waals surface area contributed by atoms with Gasteiger partial charge in [-0.3, -0.25) is 10.1 Å². The van der Waals surface area contributed by atoms with Crippen molar-refractivity contribution in [2.45, 2.75) is 70.5 Å². The zero-order chi connectivity index (χ0) is 14.9. The predicted octanol–water partition coefficient (Wildman–Crippen LogP) is 2.53. The minimum absolute atomic E-state index is 0.231. The average molecular weight is 294 g/mol. The second kappa shape index (κ2) is 6.25. The number of carbonyl (C=O) groups excluding carboxylic acids is 1. The molecule has 2 atom stereocenters. The fourth-order valence-corrected chi connectivity index (χ4v) is 3.75. The molecule has 1 heterocycles. The molecule has 0 aromatic heterocycles. The molecule has 120 valence electrons. The minimum Gasteiger partial charge on any atom is -0.379 e. The summed E-state index contributed by atoms with van der Waals surface area (Å²) in [5.74, 6) is 1.70. The lowest BCUT2D eigenvalue weighted by Crippen LogP contribution is -2.45. The van der Waals surface area contributed by atoms with E-state index in [0.717, 1.165) is 25.5 Å². The van der Waals surface area contributed by atoms with Gasteiger partial charge in [-0.15, -0.1) is 0 Å². The van der Waals surface area contributed by atoms with Crippen LogP contribution in [0.15, 0.2) is 0 Å². The molecule has 2 unspecified atom stereocenters. The van der Waals surface area contributed by atoms with E-state index >= 15 is 0 Å². The van der Waals surface area contributed by atoms with Gasteiger partial charge in [0, 0.05) is 13.2 Å². The van der Waals surface area contributed by atoms with Crippen molar-refractivity contribution >= 4 is 5.91 Å². The maximum atomic E-state index is 12.8. The van der Waals surface area contributed by atoms with Gasteiger partial charge in [-0.1, -0.05) is 19.8 Å². The highest BCUT2D eigenvalue weighted by Crippen LogP contribution is 2.35. The van der Waals surface area contributed by atoms with Gasteiger partial charge in [0.15, 0.2) is 0 Å². The SMILES string of the molecule is CCC1(C)NC(C2CCCC2)N(CCOCC2CC2)C1=O. The van der Waals surface area contributed by atoms with Gasteiger partial charge in [-0.25, -0.2) is 0 Å². The molecule has 1 aliphatic heterocycles. The second-order valence-electron chi connectivity index (χ2n) is 7.34. The number of hydrogen-bond donors (Lipinski definition) is 1. The van der Waals surface area contributed by atoms with E-state index in [1.807, 2.05) is 0 Å². The number of ether oxygens (including phenoxy) is 1. The Labute approximate surface area is 128 Å². The Morgan fingerprint density at radius 1 is 1.29 bits per heavy atom. The van der Waals surface area contributed by atoms with Crippen molar-refractivity contribution in [1.82, 2.24) is 10.2 Å². The highest BCUT2D eigenvalue weighted by molar-refractivity contribution is 5.88. The first-order valence-electron chi connectivity index (χ1n) is 8.80. The lowest BCUT2D eigenvalue weighted by Gasteiger charge is -2.29. The van der Waals surface area contributed by atoms with Crippen LogP contribution in [0.1, 0.15) is 58.8 Å². The van der Waals surface area contributed by atoms with Gasteiger partial charge in [-0.2, -0.15) is 0 Å². The standard InChI is InChI=1S/C17H30N2O2/c1-3-17(2)16(20)19(10-11-21-12-13-8-9-13)15(18-17)14-6-4-5-7-14/h13-15,18H,3-12H2,1-2H3. The smallest absolute Gasteiger partial charge is 0.243 e. The molecule has 3 rings (SSSR count). The molecule has 4 nitrogen and oxygen atoms in total. The number of nitrogens with one attached hydrogen (secondary N) is 1. The van der Waals surface area contributed by atoms with Gasteiger partial charge in [0.05, 0.1) is 18.3 Å². The first kappa shape index (κ1) is 15.3. The molecule has 3 fully saturated rings. The van der Waals surface area contributed by atoms with E-state index in [1.54, 1.807) is 0 Å². The van der Waals surface area contributed by atoms with Crippen molar-refractivity contribution in [3.8, 4) is 0 Å². The van der Waals surface area contributed by atoms with Crippen LogP contribution in [0.5, 0.6) is 0 Å². The summed E-state index contributed by atoms with van der Waals surface area (Å²) in [6.07, 6.45) is 8.86. The molecule has 3 aliphatic rings. The Morgan fingerprint density at radius 3 is 2.62 bits per heavy atom. The van der Waals surface area contributed by atoms with E-state index in [0.29, 0.717) is 12.5 Å². The van der Waals surface area contributed by atoms with Gasteiger partial charge in [0.2, 0.25) is 5.91 Å². The van der Waals surface area contributed by atoms with Crippen molar-refractivity contribution in [3.63, 3.8) is 0 Å². The first-order valence-corrected chi connectivity index (χ1v) is 8.80. The quantitative estimate of drug-likeness (QED) is 0.734. The Bertz CT molecular complexity index is 377. The summed E-state index contributed by atoms with van der Waals surface area (Å²) in [7, 11) is 0. The fourth-order valence-electron chi connectivity index (χ4n) is 3.75. The van der Waals surface area contributed by atoms with Crippen LogP contribution in [0.4, 0.5) is 0 Å². The molecule has 0 aromatic carbocycles. The fraction of sp³-hybridized carbons (Fsp3) is 0.941. The van der Waals surface area contributed by atoms with Crippen LogP contribution in [0.2, 0.25) is 0 Å². The monoisotopic (exact) mass is 294 g/mol. The summed E-state index contributed by atoms with van der Waals surface area (Å²) >= 11 is 0. The van der Waals surface area contributed by atoms with Crippen LogP contribution < -0.4 is 5.32 Å². The minimum atomic E-state index is -0.371. The molecule has 2 saturated carbocycles. The molecule has 4 heteroatoms. The Hall–Kier alpha value is -0.610. The molecular weight excluding hydrogens is 264 g/mol. The van der Waals surface area contributed by atoms with Crippen LogP contribution in [-0.2, 0) is 9.53 Å². The lowest BCUT2D eigenvalue weighted by molar-refractivity contribution is -0.134. The van der Waals surface area contributed by atoms with E-state index in [4.69, 9.17) is 4.74 Å². The van der Waals surface area contributed by atoms with Gasteiger partial charge in [0.1, 0.15) is 0 Å². The topological polar surface area (TPSA) is 41.6 Å². The zero-order valence-corrected chi connectivity index (χ0v) is 13.6. The number of rotatable bonds is 7. The summed E-state index contributed by atoms with van der Waals surface area (Å²) in [6, 6.07) is 0. The molecule has 0 radical (unpaired) electrons. The summed E-state index contributed by atoms with van der Waals surface area (Å²) in [4.78, 5) is 14.8. The third-order valence-electron chi connectivity index (χ3n) is 5.62. The molecular formula is C17H30N2O2. The van der Waals surface area contributed by atoms with E-state index < -0.39 is 0 Å². The summed E-state index contributed by atoms with van der Waals surface area (Å²) < 4.78 is 5.76. The van der Waals surface area contributed by atoms with Crippen molar-refractivity contribution in [3.05, 3.63) is 0 Å². The second-order valence-corrected chi connectivity index (χ2v) is 7.34. The van der Waals surface area contributed by atoms with Gasteiger partial charge in [0.25, 0.3) is 0 Å². The largest absolute Gasteiger partial charge is 0.379 e. The van der Waals surface area contributed by atoms with Gasteiger partial charge in [-0.05, 0) is 50.9 Å².